The van der Waals surface area contributed by atoms with E-state index in [0.717, 1.165) is 16.1 Å². The third-order valence-electron chi connectivity index (χ3n) is 4.63. The van der Waals surface area contributed by atoms with Gasteiger partial charge in [-0.05, 0) is 30.7 Å². The molecule has 0 saturated heterocycles. The maximum absolute atomic E-state index is 13.2. The molecule has 0 bridgehead atoms. The molecule has 0 spiro atoms. The summed E-state index contributed by atoms with van der Waals surface area (Å²) in [7, 11) is -0.758. The van der Waals surface area contributed by atoms with Crippen molar-refractivity contribution in [1.82, 2.24) is 4.57 Å². The molecule has 28 heavy (non-hydrogen) atoms. The summed E-state index contributed by atoms with van der Waals surface area (Å²) >= 11 is 0. The van der Waals surface area contributed by atoms with Crippen molar-refractivity contribution in [1.29, 1.82) is 0 Å². The van der Waals surface area contributed by atoms with Crippen molar-refractivity contribution in [2.75, 3.05) is 24.7 Å². The van der Waals surface area contributed by atoms with Crippen molar-refractivity contribution < 1.29 is 22.7 Å². The number of hydrogen-bond donors (Lipinski definition) is 0. The van der Waals surface area contributed by atoms with Crippen molar-refractivity contribution >= 4 is 38.5 Å². The van der Waals surface area contributed by atoms with E-state index in [-0.39, 0.29) is 11.5 Å². The number of aryl methyl sites for hydroxylation is 1. The van der Waals surface area contributed by atoms with Crippen LogP contribution in [0.3, 0.4) is 0 Å². The van der Waals surface area contributed by atoms with Gasteiger partial charge in [0.05, 0.1) is 30.1 Å². The van der Waals surface area contributed by atoms with E-state index in [1.165, 1.54) is 31.0 Å². The number of carbonyl (C=O) groups is 2. The molecule has 0 aliphatic rings. The van der Waals surface area contributed by atoms with Crippen LogP contribution in [0.25, 0.3) is 10.9 Å². The number of ether oxygens (including phenoxy) is 1. The summed E-state index contributed by atoms with van der Waals surface area (Å²) < 4.78 is 31.1. The van der Waals surface area contributed by atoms with Gasteiger partial charge < -0.3 is 4.74 Å². The summed E-state index contributed by atoms with van der Waals surface area (Å²) in [6.07, 6.45) is 2.54. The molecule has 7 nitrogen and oxygen atoms in total. The van der Waals surface area contributed by atoms with Crippen LogP contribution in [0.15, 0.2) is 48.7 Å². The number of esters is 1. The maximum atomic E-state index is 13.2. The Balaban J connectivity index is 2.15. The molecule has 1 aromatic heterocycles. The summed E-state index contributed by atoms with van der Waals surface area (Å²) in [6, 6.07) is 11.9. The standard InChI is InChI=1S/C20H20N2O5S/c1-13-9-10-14(11-18(13)21(2)28(4,25)26)19(23)22-12-16(20(24)27-3)15-7-5-6-8-17(15)22/h5-12H,1-4H3. The number of rotatable bonds is 4. The van der Waals surface area contributed by atoms with Crippen LogP contribution in [0.2, 0.25) is 0 Å². The Labute approximate surface area is 163 Å². The van der Waals surface area contributed by atoms with Gasteiger partial charge in [-0.2, -0.15) is 0 Å². The Hall–Kier alpha value is -3.13. The van der Waals surface area contributed by atoms with Crippen molar-refractivity contribution in [3.63, 3.8) is 0 Å². The molecule has 146 valence electrons. The number of hydrogen-bond acceptors (Lipinski definition) is 5. The van der Waals surface area contributed by atoms with Gasteiger partial charge in [-0.25, -0.2) is 13.2 Å². The number of carbonyl (C=O) groups excluding carboxylic acids is 2. The second-order valence-electron chi connectivity index (χ2n) is 6.46. The Morgan fingerprint density at radius 2 is 1.79 bits per heavy atom. The molecular weight excluding hydrogens is 380 g/mol. The SMILES string of the molecule is COC(=O)c1cn(C(=O)c2ccc(C)c(N(C)S(C)(=O)=O)c2)c2ccccc12. The molecule has 0 amide bonds. The lowest BCUT2D eigenvalue weighted by Gasteiger charge is -2.19. The number of methoxy groups -OCH3 is 1. The van der Waals surface area contributed by atoms with Gasteiger partial charge in [0, 0.05) is 24.2 Å². The van der Waals surface area contributed by atoms with Crippen LogP contribution in [0, 0.1) is 6.92 Å². The molecule has 0 N–H and O–H groups in total. The number of para-hydroxylation sites is 1. The molecule has 8 heteroatoms. The van der Waals surface area contributed by atoms with Crippen LogP contribution in [0.1, 0.15) is 26.3 Å². The lowest BCUT2D eigenvalue weighted by atomic mass is 10.1. The highest BCUT2D eigenvalue weighted by Gasteiger charge is 2.21. The van der Waals surface area contributed by atoms with Gasteiger partial charge in [0.2, 0.25) is 10.0 Å². The van der Waals surface area contributed by atoms with Crippen molar-refractivity contribution in [3.8, 4) is 0 Å². The first-order valence-electron chi connectivity index (χ1n) is 8.43. The minimum absolute atomic E-state index is 0.284. The lowest BCUT2D eigenvalue weighted by Crippen LogP contribution is -2.26. The highest BCUT2D eigenvalue weighted by Crippen LogP contribution is 2.26. The summed E-state index contributed by atoms with van der Waals surface area (Å²) in [5.74, 6) is -0.918. The molecule has 2 aromatic carbocycles. The number of sulfonamides is 1. The fraction of sp³-hybridized carbons (Fsp3) is 0.200. The number of anilines is 1. The van der Waals surface area contributed by atoms with E-state index in [9.17, 15) is 18.0 Å². The van der Waals surface area contributed by atoms with E-state index < -0.39 is 16.0 Å². The number of nitrogens with zero attached hydrogens (tertiary/aromatic N) is 2. The first kappa shape index (κ1) is 19.6. The topological polar surface area (TPSA) is 85.7 Å². The second kappa shape index (κ2) is 7.12. The highest BCUT2D eigenvalue weighted by molar-refractivity contribution is 7.92. The zero-order chi connectivity index (χ0) is 20.6. The predicted octanol–water partition coefficient (Wildman–Crippen LogP) is 2.82. The van der Waals surface area contributed by atoms with Crippen LogP contribution in [-0.4, -0.2) is 45.3 Å². The Bertz CT molecular complexity index is 1190. The van der Waals surface area contributed by atoms with Gasteiger partial charge in [0.1, 0.15) is 0 Å². The molecule has 0 fully saturated rings. The molecule has 0 radical (unpaired) electrons. The van der Waals surface area contributed by atoms with Crippen molar-refractivity contribution in [3.05, 3.63) is 65.4 Å². The Kier molecular flexibility index (Phi) is 4.99. The van der Waals surface area contributed by atoms with Gasteiger partial charge in [0.25, 0.3) is 5.91 Å². The van der Waals surface area contributed by atoms with Gasteiger partial charge in [-0.3, -0.25) is 13.7 Å². The van der Waals surface area contributed by atoms with Gasteiger partial charge in [-0.1, -0.05) is 24.3 Å². The molecule has 1 heterocycles. The third kappa shape index (κ3) is 3.38. The number of fused-ring (bicyclic) bond motifs is 1. The average molecular weight is 400 g/mol. The monoisotopic (exact) mass is 400 g/mol. The van der Waals surface area contributed by atoms with Gasteiger partial charge in [-0.15, -0.1) is 0 Å². The lowest BCUT2D eigenvalue weighted by molar-refractivity contribution is 0.0603. The van der Waals surface area contributed by atoms with Crippen LogP contribution < -0.4 is 4.31 Å². The maximum Gasteiger partial charge on any atom is 0.340 e. The Morgan fingerprint density at radius 1 is 1.11 bits per heavy atom. The zero-order valence-electron chi connectivity index (χ0n) is 16.0. The largest absolute Gasteiger partial charge is 0.465 e. The van der Waals surface area contributed by atoms with E-state index in [2.05, 4.69) is 0 Å². The van der Waals surface area contributed by atoms with E-state index in [1.807, 2.05) is 0 Å². The van der Waals surface area contributed by atoms with Crippen LogP contribution in [0.5, 0.6) is 0 Å². The second-order valence-corrected chi connectivity index (χ2v) is 8.47. The summed E-state index contributed by atoms with van der Waals surface area (Å²) in [4.78, 5) is 25.2. The number of aromatic nitrogens is 1. The van der Waals surface area contributed by atoms with Gasteiger partial charge >= 0.3 is 5.97 Å². The number of benzene rings is 2. The fourth-order valence-electron chi connectivity index (χ4n) is 3.02. The summed E-state index contributed by atoms with van der Waals surface area (Å²) in [5.41, 5.74) is 2.28. The molecule has 0 unspecified atom stereocenters. The molecule has 0 aliphatic carbocycles. The average Bonchev–Trinajstić information content (AvgIpc) is 3.05. The van der Waals surface area contributed by atoms with Crippen LogP contribution in [0.4, 0.5) is 5.69 Å². The van der Waals surface area contributed by atoms with Crippen LogP contribution >= 0.6 is 0 Å². The van der Waals surface area contributed by atoms with Gasteiger partial charge in [0.15, 0.2) is 0 Å². The minimum atomic E-state index is -3.48. The smallest absolute Gasteiger partial charge is 0.340 e. The molecule has 0 saturated carbocycles. The molecule has 3 rings (SSSR count). The molecular formula is C20H20N2O5S. The zero-order valence-corrected chi connectivity index (χ0v) is 16.8. The fourth-order valence-corrected chi connectivity index (χ4v) is 3.57. The van der Waals surface area contributed by atoms with E-state index in [1.54, 1.807) is 43.3 Å². The van der Waals surface area contributed by atoms with E-state index in [0.29, 0.717) is 22.2 Å². The van der Waals surface area contributed by atoms with E-state index >= 15 is 0 Å². The first-order valence-corrected chi connectivity index (χ1v) is 10.3. The first-order chi connectivity index (χ1) is 13.1. The summed E-state index contributed by atoms with van der Waals surface area (Å²) in [6.45, 7) is 1.77. The van der Waals surface area contributed by atoms with E-state index in [4.69, 9.17) is 4.74 Å². The van der Waals surface area contributed by atoms with Crippen molar-refractivity contribution in [2.45, 2.75) is 6.92 Å². The quantitative estimate of drug-likeness (QED) is 0.629. The highest BCUT2D eigenvalue weighted by atomic mass is 32.2. The third-order valence-corrected chi connectivity index (χ3v) is 5.82. The minimum Gasteiger partial charge on any atom is -0.465 e. The summed E-state index contributed by atoms with van der Waals surface area (Å²) in [5, 5.41) is 0.600. The molecule has 3 aromatic rings. The Morgan fingerprint density at radius 3 is 2.43 bits per heavy atom. The molecule has 0 aliphatic heterocycles. The van der Waals surface area contributed by atoms with Crippen molar-refractivity contribution in [2.24, 2.45) is 0 Å². The van der Waals surface area contributed by atoms with Crippen LogP contribution in [-0.2, 0) is 14.8 Å². The predicted molar refractivity (Wildman–Crippen MR) is 107 cm³/mol. The molecule has 0 atom stereocenters. The normalized spacial score (nSPS) is 11.4.